The Morgan fingerprint density at radius 1 is 1.29 bits per heavy atom. The summed E-state index contributed by atoms with van der Waals surface area (Å²) >= 11 is 0. The van der Waals surface area contributed by atoms with Crippen LogP contribution in [-0.4, -0.2) is 50.6 Å². The van der Waals surface area contributed by atoms with Gasteiger partial charge in [-0.05, 0) is 39.8 Å². The minimum Gasteiger partial charge on any atom is -0.462 e. The van der Waals surface area contributed by atoms with Crippen LogP contribution < -0.4 is 20.9 Å². The highest BCUT2D eigenvalue weighted by molar-refractivity contribution is 7.52. The third-order valence-corrected chi connectivity index (χ3v) is 8.09. The highest BCUT2D eigenvalue weighted by atomic mass is 31.2. The number of esters is 1. The van der Waals surface area contributed by atoms with Gasteiger partial charge >= 0.3 is 19.4 Å². The number of aromatic amines is 1. The molecule has 204 valence electrons. The van der Waals surface area contributed by atoms with E-state index in [1.54, 1.807) is 44.2 Å². The fraction of sp³-hybridized carbons (Fsp3) is 0.500. The first-order chi connectivity index (χ1) is 17.8. The fourth-order valence-corrected chi connectivity index (χ4v) is 6.09. The zero-order valence-electron chi connectivity index (χ0n) is 21.2. The number of aliphatic hydroxyl groups excluding tert-OH is 1. The van der Waals surface area contributed by atoms with Gasteiger partial charge in [0.25, 0.3) is 5.56 Å². The lowest BCUT2D eigenvalue weighted by Gasteiger charge is -2.26. The number of carbonyl (C=O) groups is 1. The van der Waals surface area contributed by atoms with Crippen LogP contribution in [0.3, 0.4) is 0 Å². The van der Waals surface area contributed by atoms with E-state index in [-0.39, 0.29) is 12.2 Å². The lowest BCUT2D eigenvalue weighted by atomic mass is 9.83. The Bertz CT molecular complexity index is 1400. The average molecular weight is 548 g/mol. The molecule has 1 aromatic heterocycles. The molecular formula is C24H29N4O9P. The van der Waals surface area contributed by atoms with Crippen molar-refractivity contribution >= 4 is 13.7 Å². The Morgan fingerprint density at radius 3 is 2.58 bits per heavy atom. The van der Waals surface area contributed by atoms with E-state index in [4.69, 9.17) is 18.5 Å². The van der Waals surface area contributed by atoms with Crippen LogP contribution in [0.1, 0.15) is 40.3 Å². The lowest BCUT2D eigenvalue weighted by molar-refractivity contribution is -0.149. The van der Waals surface area contributed by atoms with E-state index in [0.717, 1.165) is 10.6 Å². The molecule has 1 spiro atoms. The molecule has 1 saturated heterocycles. The van der Waals surface area contributed by atoms with E-state index in [1.807, 2.05) is 6.07 Å². The molecule has 2 heterocycles. The Kier molecular flexibility index (Phi) is 7.40. The number of ether oxygens (including phenoxy) is 2. The van der Waals surface area contributed by atoms with Crippen molar-refractivity contribution in [2.24, 2.45) is 5.41 Å². The van der Waals surface area contributed by atoms with Gasteiger partial charge in [0.05, 0.1) is 12.2 Å². The number of hydrogen-bond acceptors (Lipinski definition) is 10. The van der Waals surface area contributed by atoms with Gasteiger partial charge in [0.2, 0.25) is 0 Å². The maximum Gasteiger partial charge on any atom is 0.459 e. The van der Waals surface area contributed by atoms with Crippen LogP contribution >= 0.6 is 7.75 Å². The van der Waals surface area contributed by atoms with Gasteiger partial charge in [-0.1, -0.05) is 18.2 Å². The Morgan fingerprint density at radius 2 is 1.97 bits per heavy atom. The topological polar surface area (TPSA) is 182 Å². The number of aliphatic hydroxyl groups is 1. The van der Waals surface area contributed by atoms with E-state index < -0.39 is 66.6 Å². The van der Waals surface area contributed by atoms with Crippen molar-refractivity contribution in [3.05, 3.63) is 63.4 Å². The number of rotatable bonds is 9. The number of para-hydroxylation sites is 1. The first kappa shape index (κ1) is 27.8. The first-order valence-corrected chi connectivity index (χ1v) is 13.5. The van der Waals surface area contributed by atoms with Gasteiger partial charge in [0, 0.05) is 18.7 Å². The summed E-state index contributed by atoms with van der Waals surface area (Å²) in [5.74, 6) is -0.493. The Labute approximate surface area is 217 Å². The smallest absolute Gasteiger partial charge is 0.459 e. The fourth-order valence-electron chi connectivity index (χ4n) is 4.37. The van der Waals surface area contributed by atoms with E-state index in [9.17, 15) is 29.3 Å². The molecule has 1 saturated carbocycles. The molecule has 2 fully saturated rings. The van der Waals surface area contributed by atoms with Crippen molar-refractivity contribution < 1.29 is 33.0 Å². The molecule has 3 N–H and O–H groups in total. The van der Waals surface area contributed by atoms with Gasteiger partial charge in [-0.25, -0.2) is 9.36 Å². The average Bonchev–Trinajstić information content (AvgIpc) is 3.48. The van der Waals surface area contributed by atoms with Crippen LogP contribution in [-0.2, 0) is 23.4 Å². The van der Waals surface area contributed by atoms with Crippen molar-refractivity contribution in [1.29, 1.82) is 5.26 Å². The molecule has 2 aromatic rings. The third kappa shape index (κ3) is 5.18. The number of hydrogen-bond donors (Lipinski definition) is 3. The van der Waals surface area contributed by atoms with Gasteiger partial charge < -0.3 is 19.1 Å². The Hall–Kier alpha value is -3.27. The molecular weight excluding hydrogens is 519 g/mol. The Balaban J connectivity index is 1.61. The van der Waals surface area contributed by atoms with Crippen molar-refractivity contribution in [2.75, 3.05) is 0 Å². The van der Waals surface area contributed by atoms with Crippen molar-refractivity contribution in [1.82, 2.24) is 14.6 Å². The monoisotopic (exact) mass is 548 g/mol. The zero-order chi connectivity index (χ0) is 27.9. The number of aromatic nitrogens is 2. The van der Waals surface area contributed by atoms with Gasteiger partial charge in [-0.15, -0.1) is 0 Å². The van der Waals surface area contributed by atoms with E-state index in [2.05, 4.69) is 10.1 Å². The molecule has 2 aliphatic rings. The first-order valence-electron chi connectivity index (χ1n) is 11.9. The van der Waals surface area contributed by atoms with Crippen LogP contribution in [0, 0.1) is 16.7 Å². The summed E-state index contributed by atoms with van der Waals surface area (Å²) in [5.41, 5.74) is -4.61. The molecule has 38 heavy (non-hydrogen) atoms. The quantitative estimate of drug-likeness (QED) is 0.306. The maximum absolute atomic E-state index is 13.9. The summed E-state index contributed by atoms with van der Waals surface area (Å²) in [4.78, 5) is 38.4. The van der Waals surface area contributed by atoms with Crippen molar-refractivity contribution in [3.63, 3.8) is 0 Å². The standard InChI is InChI=1S/C24H29N4O9P/c1-14(2)34-19(30)15(3)27-38(33,36-16-8-6-5-7-9-16)37-17-12-24(17)20(31)23(4,13-25)21(35-24)28-11-10-18(29)26-22(28)32/h5-11,14-15,17,20-21,31H,12H2,1-4H3,(H,27,33)(H,26,29,32)/t15-,17+,20-,21+,23+,24?,38?/m0/s1. The third-order valence-electron chi connectivity index (χ3n) is 6.40. The molecule has 1 aliphatic heterocycles. The molecule has 4 rings (SSSR count). The summed E-state index contributed by atoms with van der Waals surface area (Å²) < 4.78 is 37.6. The number of benzene rings is 1. The number of nitriles is 1. The molecule has 0 bridgehead atoms. The summed E-state index contributed by atoms with van der Waals surface area (Å²) in [6, 6.07) is 10.1. The summed E-state index contributed by atoms with van der Waals surface area (Å²) in [6.07, 6.45) is -3.03. The predicted octanol–water partition coefficient (Wildman–Crippen LogP) is 1.60. The second-order valence-corrected chi connectivity index (χ2v) is 11.4. The minimum absolute atomic E-state index is 0.00861. The van der Waals surface area contributed by atoms with Gasteiger partial charge in [-0.2, -0.15) is 10.3 Å². The lowest BCUT2D eigenvalue weighted by Crippen LogP contribution is -2.41. The van der Waals surface area contributed by atoms with Crippen LogP contribution in [0.4, 0.5) is 0 Å². The molecule has 7 atom stereocenters. The van der Waals surface area contributed by atoms with Crippen LogP contribution in [0.2, 0.25) is 0 Å². The molecule has 0 amide bonds. The molecule has 13 nitrogen and oxygen atoms in total. The summed E-state index contributed by atoms with van der Waals surface area (Å²) in [5, 5.41) is 23.7. The largest absolute Gasteiger partial charge is 0.462 e. The molecule has 2 unspecified atom stereocenters. The molecule has 14 heteroatoms. The normalized spacial score (nSPS) is 30.4. The maximum atomic E-state index is 13.9. The summed E-state index contributed by atoms with van der Waals surface area (Å²) in [7, 11) is -4.29. The van der Waals surface area contributed by atoms with E-state index in [1.165, 1.54) is 20.0 Å². The van der Waals surface area contributed by atoms with Crippen LogP contribution in [0.25, 0.3) is 0 Å². The molecule has 0 radical (unpaired) electrons. The van der Waals surface area contributed by atoms with E-state index >= 15 is 0 Å². The second kappa shape index (κ2) is 10.1. The second-order valence-electron chi connectivity index (χ2n) is 9.78. The van der Waals surface area contributed by atoms with Gasteiger partial charge in [-0.3, -0.25) is 23.7 Å². The number of carbonyl (C=O) groups excluding carboxylic acids is 1. The van der Waals surface area contributed by atoms with Gasteiger partial charge in [0.1, 0.15) is 35.0 Å². The number of nitrogens with one attached hydrogen (secondary N) is 2. The summed E-state index contributed by atoms with van der Waals surface area (Å²) in [6.45, 7) is 6.19. The highest BCUT2D eigenvalue weighted by Gasteiger charge is 2.75. The highest BCUT2D eigenvalue weighted by Crippen LogP contribution is 2.64. The number of H-pyrrole nitrogens is 1. The SMILES string of the molecule is CC(C)OC(=O)[C@H](C)NP(=O)(Oc1ccccc1)O[C@@H]1CC12O[C@@H](n1ccc(=O)[nH]c1=O)[C@](C)(C#N)[C@@H]2O. The van der Waals surface area contributed by atoms with Crippen LogP contribution in [0.5, 0.6) is 5.75 Å². The molecule has 1 aromatic carbocycles. The molecule has 1 aliphatic carbocycles. The van der Waals surface area contributed by atoms with Crippen molar-refractivity contribution in [2.45, 2.75) is 70.3 Å². The van der Waals surface area contributed by atoms with E-state index in [0.29, 0.717) is 0 Å². The predicted molar refractivity (Wildman–Crippen MR) is 132 cm³/mol. The van der Waals surface area contributed by atoms with Crippen molar-refractivity contribution in [3.8, 4) is 11.8 Å². The van der Waals surface area contributed by atoms with Gasteiger partial charge in [0.15, 0.2) is 6.23 Å². The minimum atomic E-state index is -4.29. The zero-order valence-corrected chi connectivity index (χ0v) is 22.1. The van der Waals surface area contributed by atoms with Crippen LogP contribution in [0.15, 0.2) is 52.2 Å². The number of nitrogens with zero attached hydrogens (tertiary/aromatic N) is 2.